The van der Waals surface area contributed by atoms with Crippen molar-refractivity contribution < 1.29 is 0 Å². The van der Waals surface area contributed by atoms with Crippen LogP contribution >= 0.6 is 11.3 Å². The molecule has 0 bridgehead atoms. The number of rotatable bonds is 1. The Labute approximate surface area is 120 Å². The second kappa shape index (κ2) is 4.14. The number of nitrogens with zero attached hydrogens (tertiary/aromatic N) is 4. The van der Waals surface area contributed by atoms with Gasteiger partial charge in [0.25, 0.3) is 0 Å². The fraction of sp³-hybridized carbons (Fsp3) is 0.214. The van der Waals surface area contributed by atoms with Crippen LogP contribution in [0.1, 0.15) is 11.1 Å². The van der Waals surface area contributed by atoms with E-state index in [2.05, 4.69) is 45.0 Å². The van der Waals surface area contributed by atoms with Gasteiger partial charge in [-0.2, -0.15) is 0 Å². The van der Waals surface area contributed by atoms with Gasteiger partial charge in [0, 0.05) is 12.2 Å². The van der Waals surface area contributed by atoms with Gasteiger partial charge in [0.05, 0.1) is 0 Å². The first-order chi connectivity index (χ1) is 9.72. The summed E-state index contributed by atoms with van der Waals surface area (Å²) in [5.74, 6) is 0.852. The van der Waals surface area contributed by atoms with E-state index in [4.69, 9.17) is 5.73 Å². The summed E-state index contributed by atoms with van der Waals surface area (Å²) < 4.78 is 0. The highest BCUT2D eigenvalue weighted by molar-refractivity contribution is 7.21. The third-order valence-electron chi connectivity index (χ3n) is 3.58. The number of aromatic nitrogens is 3. The number of anilines is 3. The molecule has 100 valence electrons. The number of hydrogen-bond donors (Lipinski definition) is 1. The minimum absolute atomic E-state index is 0.532. The maximum Gasteiger partial charge on any atom is 0.182 e. The Morgan fingerprint density at radius 2 is 2.20 bits per heavy atom. The lowest BCUT2D eigenvalue weighted by Crippen LogP contribution is -2.15. The Balaban J connectivity index is 1.90. The molecule has 0 saturated heterocycles. The standard InChI is InChI=1S/C14H13N5S/c1-8-2-3-10-9(6-8)4-5-19(10)12-11-13(17-7-16-12)20-14(15)18-11/h2-3,6-7H,4-5H2,1H3,(H2,15,18). The van der Waals surface area contributed by atoms with Crippen molar-refractivity contribution in [3.8, 4) is 0 Å². The molecule has 0 spiro atoms. The van der Waals surface area contributed by atoms with Crippen LogP contribution in [0.3, 0.4) is 0 Å². The van der Waals surface area contributed by atoms with Crippen LogP contribution in [0.4, 0.5) is 16.6 Å². The SMILES string of the molecule is Cc1ccc2c(c1)CCN2c1ncnc2sc(N)nc12. The molecule has 2 aromatic heterocycles. The summed E-state index contributed by atoms with van der Waals surface area (Å²) in [4.78, 5) is 16.1. The van der Waals surface area contributed by atoms with Gasteiger partial charge in [-0.3, -0.25) is 0 Å². The number of benzene rings is 1. The summed E-state index contributed by atoms with van der Waals surface area (Å²) in [5, 5.41) is 0.532. The highest BCUT2D eigenvalue weighted by atomic mass is 32.1. The molecular formula is C14H13N5S. The highest BCUT2D eigenvalue weighted by Gasteiger charge is 2.24. The molecule has 3 aromatic rings. The Kier molecular flexibility index (Phi) is 2.40. The number of fused-ring (bicyclic) bond motifs is 2. The molecule has 5 nitrogen and oxygen atoms in total. The molecular weight excluding hydrogens is 270 g/mol. The van der Waals surface area contributed by atoms with Gasteiger partial charge in [-0.25, -0.2) is 15.0 Å². The summed E-state index contributed by atoms with van der Waals surface area (Å²) in [6, 6.07) is 6.52. The summed E-state index contributed by atoms with van der Waals surface area (Å²) in [6.45, 7) is 3.04. The molecule has 0 fully saturated rings. The van der Waals surface area contributed by atoms with E-state index in [9.17, 15) is 0 Å². The van der Waals surface area contributed by atoms with Crippen LogP contribution in [0.25, 0.3) is 10.3 Å². The fourth-order valence-corrected chi connectivity index (χ4v) is 3.38. The Hall–Kier alpha value is -2.21. The normalized spacial score (nSPS) is 13.9. The number of nitrogen functional groups attached to an aromatic ring is 1. The summed E-state index contributed by atoms with van der Waals surface area (Å²) in [7, 11) is 0. The van der Waals surface area contributed by atoms with Gasteiger partial charge in [-0.1, -0.05) is 29.0 Å². The van der Waals surface area contributed by atoms with Crippen LogP contribution in [-0.2, 0) is 6.42 Å². The first kappa shape index (κ1) is 11.6. The van der Waals surface area contributed by atoms with Gasteiger partial charge in [-0.15, -0.1) is 0 Å². The third kappa shape index (κ3) is 1.65. The first-order valence-electron chi connectivity index (χ1n) is 6.46. The van der Waals surface area contributed by atoms with Gasteiger partial charge in [0.1, 0.15) is 11.8 Å². The Bertz CT molecular complexity index is 810. The van der Waals surface area contributed by atoms with Crippen LogP contribution in [-0.4, -0.2) is 21.5 Å². The molecule has 0 radical (unpaired) electrons. The molecule has 3 heterocycles. The van der Waals surface area contributed by atoms with E-state index in [0.717, 1.165) is 29.1 Å². The molecule has 0 saturated carbocycles. The van der Waals surface area contributed by atoms with Gasteiger partial charge < -0.3 is 10.6 Å². The quantitative estimate of drug-likeness (QED) is 0.743. The highest BCUT2D eigenvalue weighted by Crippen LogP contribution is 2.37. The van der Waals surface area contributed by atoms with Gasteiger partial charge >= 0.3 is 0 Å². The van der Waals surface area contributed by atoms with Crippen molar-refractivity contribution in [2.75, 3.05) is 17.2 Å². The first-order valence-corrected chi connectivity index (χ1v) is 7.28. The zero-order valence-electron chi connectivity index (χ0n) is 11.0. The molecule has 1 aliphatic heterocycles. The van der Waals surface area contributed by atoms with Crippen LogP contribution < -0.4 is 10.6 Å². The number of thiazole rings is 1. The van der Waals surface area contributed by atoms with Crippen molar-refractivity contribution in [1.29, 1.82) is 0 Å². The summed E-state index contributed by atoms with van der Waals surface area (Å²) >= 11 is 1.40. The smallest absolute Gasteiger partial charge is 0.182 e. The second-order valence-electron chi connectivity index (χ2n) is 4.94. The molecule has 6 heteroatoms. The van der Waals surface area contributed by atoms with E-state index >= 15 is 0 Å². The van der Waals surface area contributed by atoms with Crippen molar-refractivity contribution >= 4 is 38.3 Å². The van der Waals surface area contributed by atoms with E-state index in [1.165, 1.54) is 28.2 Å². The third-order valence-corrected chi connectivity index (χ3v) is 4.37. The predicted octanol–water partition coefficient (Wildman–Crippen LogP) is 2.67. The molecule has 0 atom stereocenters. The van der Waals surface area contributed by atoms with E-state index in [1.54, 1.807) is 6.33 Å². The predicted molar refractivity (Wildman–Crippen MR) is 81.5 cm³/mol. The van der Waals surface area contributed by atoms with Gasteiger partial charge in [0.2, 0.25) is 0 Å². The molecule has 2 N–H and O–H groups in total. The number of nitrogens with two attached hydrogens (primary N) is 1. The van der Waals surface area contributed by atoms with Crippen molar-refractivity contribution in [3.63, 3.8) is 0 Å². The monoisotopic (exact) mass is 283 g/mol. The van der Waals surface area contributed by atoms with Crippen LogP contribution in [0.15, 0.2) is 24.5 Å². The second-order valence-corrected chi connectivity index (χ2v) is 5.95. The van der Waals surface area contributed by atoms with Gasteiger partial charge in [0.15, 0.2) is 15.8 Å². The zero-order valence-corrected chi connectivity index (χ0v) is 11.8. The van der Waals surface area contributed by atoms with Crippen LogP contribution in [0, 0.1) is 6.92 Å². The lowest BCUT2D eigenvalue weighted by atomic mass is 10.1. The van der Waals surface area contributed by atoms with Crippen molar-refractivity contribution in [2.45, 2.75) is 13.3 Å². The van der Waals surface area contributed by atoms with E-state index in [-0.39, 0.29) is 0 Å². The minimum atomic E-state index is 0.532. The largest absolute Gasteiger partial charge is 0.375 e. The average Bonchev–Trinajstić information content (AvgIpc) is 2.99. The fourth-order valence-electron chi connectivity index (χ4n) is 2.71. The topological polar surface area (TPSA) is 67.9 Å². The van der Waals surface area contributed by atoms with E-state index < -0.39 is 0 Å². The molecule has 0 amide bonds. The molecule has 0 aliphatic carbocycles. The molecule has 1 aliphatic rings. The van der Waals surface area contributed by atoms with Crippen LogP contribution in [0.5, 0.6) is 0 Å². The van der Waals surface area contributed by atoms with E-state index in [0.29, 0.717) is 5.13 Å². The zero-order chi connectivity index (χ0) is 13.7. The molecule has 1 aromatic carbocycles. The number of hydrogen-bond acceptors (Lipinski definition) is 6. The molecule has 4 rings (SSSR count). The van der Waals surface area contributed by atoms with Crippen LogP contribution in [0.2, 0.25) is 0 Å². The van der Waals surface area contributed by atoms with Crippen molar-refractivity contribution in [2.24, 2.45) is 0 Å². The van der Waals surface area contributed by atoms with E-state index in [1.807, 2.05) is 0 Å². The Morgan fingerprint density at radius 1 is 1.30 bits per heavy atom. The summed E-state index contributed by atoms with van der Waals surface area (Å²) in [5.41, 5.74) is 10.4. The van der Waals surface area contributed by atoms with Crippen molar-refractivity contribution in [3.05, 3.63) is 35.7 Å². The molecule has 20 heavy (non-hydrogen) atoms. The molecule has 0 unspecified atom stereocenters. The van der Waals surface area contributed by atoms with Gasteiger partial charge in [-0.05, 0) is 25.0 Å². The minimum Gasteiger partial charge on any atom is -0.375 e. The summed E-state index contributed by atoms with van der Waals surface area (Å²) in [6.07, 6.45) is 2.61. The lowest BCUT2D eigenvalue weighted by molar-refractivity contribution is 0.973. The average molecular weight is 283 g/mol. The van der Waals surface area contributed by atoms with Crippen molar-refractivity contribution in [1.82, 2.24) is 15.0 Å². The maximum atomic E-state index is 5.79. The lowest BCUT2D eigenvalue weighted by Gasteiger charge is -2.18. The Morgan fingerprint density at radius 3 is 3.10 bits per heavy atom. The maximum absolute atomic E-state index is 5.79. The number of aryl methyl sites for hydroxylation is 1.